The van der Waals surface area contributed by atoms with Crippen LogP contribution in [-0.2, 0) is 20.9 Å². The lowest BCUT2D eigenvalue weighted by Crippen LogP contribution is -2.36. The third kappa shape index (κ3) is 7.29. The van der Waals surface area contributed by atoms with Gasteiger partial charge in [0, 0.05) is 23.4 Å². The van der Waals surface area contributed by atoms with E-state index < -0.39 is 34.5 Å². The van der Waals surface area contributed by atoms with E-state index >= 15 is 0 Å². The number of hydrogen-bond donors (Lipinski definition) is 1. The number of esters is 1. The molecule has 0 aliphatic carbocycles. The molecule has 0 saturated carbocycles. The van der Waals surface area contributed by atoms with Gasteiger partial charge in [0.2, 0.25) is 5.91 Å². The van der Waals surface area contributed by atoms with Crippen molar-refractivity contribution >= 4 is 63.8 Å². The standard InChI is InChI=1S/C28H22ClN3O8S/c1-2-39-27(35)21-14-19(9-12-22(21)29)30-25(33)15-31-26(34)24(41-28(31)36)13-18-5-3-4-6-23(18)40-16-17-7-10-20(11-8-17)32(37)38/h3-14H,2,15-16H2,1H3,(H,30,33)/b24-13-. The molecule has 0 spiro atoms. The minimum Gasteiger partial charge on any atom is -0.488 e. The largest absolute Gasteiger partial charge is 0.488 e. The lowest BCUT2D eigenvalue weighted by Gasteiger charge is -2.13. The van der Waals surface area contributed by atoms with E-state index in [0.29, 0.717) is 28.6 Å². The third-order valence-electron chi connectivity index (χ3n) is 5.67. The fourth-order valence-electron chi connectivity index (χ4n) is 3.70. The molecule has 41 heavy (non-hydrogen) atoms. The number of thioether (sulfide) groups is 1. The summed E-state index contributed by atoms with van der Waals surface area (Å²) in [6.45, 7) is 1.37. The Morgan fingerprint density at radius 2 is 1.83 bits per heavy atom. The molecule has 0 radical (unpaired) electrons. The van der Waals surface area contributed by atoms with Crippen LogP contribution in [0.4, 0.5) is 16.2 Å². The first-order chi connectivity index (χ1) is 19.7. The number of nitro benzene ring substituents is 1. The van der Waals surface area contributed by atoms with Gasteiger partial charge in [-0.3, -0.25) is 29.4 Å². The molecule has 1 heterocycles. The molecule has 0 atom stereocenters. The highest BCUT2D eigenvalue weighted by Gasteiger charge is 2.36. The number of non-ortho nitro benzene ring substituents is 1. The van der Waals surface area contributed by atoms with Crippen molar-refractivity contribution in [2.45, 2.75) is 13.5 Å². The van der Waals surface area contributed by atoms with Gasteiger partial charge in [-0.1, -0.05) is 29.8 Å². The van der Waals surface area contributed by atoms with Crippen LogP contribution in [0.2, 0.25) is 5.02 Å². The lowest BCUT2D eigenvalue weighted by atomic mass is 10.1. The Morgan fingerprint density at radius 3 is 2.54 bits per heavy atom. The third-order valence-corrected chi connectivity index (χ3v) is 6.90. The molecule has 210 valence electrons. The van der Waals surface area contributed by atoms with E-state index in [1.807, 2.05) is 0 Å². The normalized spacial score (nSPS) is 13.8. The monoisotopic (exact) mass is 595 g/mol. The second-order valence-corrected chi connectivity index (χ2v) is 9.88. The molecule has 3 amide bonds. The summed E-state index contributed by atoms with van der Waals surface area (Å²) in [5, 5.41) is 12.9. The molecule has 0 bridgehead atoms. The Hall–Kier alpha value is -4.68. The Labute approximate surface area is 243 Å². The number of carbonyl (C=O) groups is 4. The summed E-state index contributed by atoms with van der Waals surface area (Å²) < 4.78 is 10.8. The maximum atomic E-state index is 13.0. The number of carbonyl (C=O) groups excluding carboxylic acids is 4. The number of nitrogens with zero attached hydrogens (tertiary/aromatic N) is 2. The van der Waals surface area contributed by atoms with E-state index in [9.17, 15) is 29.3 Å². The molecule has 0 aromatic heterocycles. The molecule has 13 heteroatoms. The summed E-state index contributed by atoms with van der Waals surface area (Å²) in [6, 6.07) is 17.0. The Morgan fingerprint density at radius 1 is 1.10 bits per heavy atom. The molecule has 4 rings (SSSR count). The molecule has 1 N–H and O–H groups in total. The number of anilines is 1. The molecule has 11 nitrogen and oxygen atoms in total. The van der Waals surface area contributed by atoms with E-state index in [1.54, 1.807) is 43.3 Å². The number of rotatable bonds is 10. The van der Waals surface area contributed by atoms with Crippen molar-refractivity contribution in [3.63, 3.8) is 0 Å². The van der Waals surface area contributed by atoms with Crippen LogP contribution in [0.3, 0.4) is 0 Å². The van der Waals surface area contributed by atoms with Crippen molar-refractivity contribution < 1.29 is 33.6 Å². The molecule has 3 aromatic rings. The average Bonchev–Trinajstić information content (AvgIpc) is 3.21. The lowest BCUT2D eigenvalue weighted by molar-refractivity contribution is -0.384. The van der Waals surface area contributed by atoms with Crippen LogP contribution in [0, 0.1) is 10.1 Å². The van der Waals surface area contributed by atoms with E-state index in [4.69, 9.17) is 21.1 Å². The van der Waals surface area contributed by atoms with Crippen molar-refractivity contribution in [1.82, 2.24) is 4.90 Å². The fourth-order valence-corrected chi connectivity index (χ4v) is 4.72. The summed E-state index contributed by atoms with van der Waals surface area (Å²) in [6.07, 6.45) is 1.50. The van der Waals surface area contributed by atoms with Crippen LogP contribution in [0.15, 0.2) is 71.6 Å². The van der Waals surface area contributed by atoms with E-state index in [2.05, 4.69) is 5.32 Å². The van der Waals surface area contributed by atoms with Gasteiger partial charge in [0.15, 0.2) is 0 Å². The number of para-hydroxylation sites is 1. The maximum Gasteiger partial charge on any atom is 0.339 e. The Bertz CT molecular complexity index is 1560. The highest BCUT2D eigenvalue weighted by molar-refractivity contribution is 8.18. The SMILES string of the molecule is CCOC(=O)c1cc(NC(=O)CN2C(=O)S/C(=C\c3ccccc3OCc3ccc([N+](=O)[O-])cc3)C2=O)ccc1Cl. The van der Waals surface area contributed by atoms with Crippen LogP contribution in [0.1, 0.15) is 28.4 Å². The van der Waals surface area contributed by atoms with Crippen molar-refractivity contribution in [1.29, 1.82) is 0 Å². The van der Waals surface area contributed by atoms with Gasteiger partial charge >= 0.3 is 5.97 Å². The first-order valence-electron chi connectivity index (χ1n) is 12.1. The molecule has 1 saturated heterocycles. The van der Waals surface area contributed by atoms with Crippen molar-refractivity contribution in [2.75, 3.05) is 18.5 Å². The molecular weight excluding hydrogens is 574 g/mol. The van der Waals surface area contributed by atoms with Crippen LogP contribution in [0.25, 0.3) is 6.08 Å². The quantitative estimate of drug-likeness (QED) is 0.135. The predicted octanol–water partition coefficient (Wildman–Crippen LogP) is 5.68. The summed E-state index contributed by atoms with van der Waals surface area (Å²) in [5.41, 5.74) is 1.50. The number of ether oxygens (including phenoxy) is 2. The number of hydrogen-bond acceptors (Lipinski definition) is 9. The minimum atomic E-state index is -0.655. The van der Waals surface area contributed by atoms with Gasteiger partial charge in [0.1, 0.15) is 18.9 Å². The Kier molecular flexibility index (Phi) is 9.37. The smallest absolute Gasteiger partial charge is 0.339 e. The number of nitrogens with one attached hydrogen (secondary N) is 1. The van der Waals surface area contributed by atoms with Crippen LogP contribution in [-0.4, -0.2) is 46.0 Å². The second kappa shape index (κ2) is 13.1. The Balaban J connectivity index is 1.42. The van der Waals surface area contributed by atoms with Gasteiger partial charge in [0.05, 0.1) is 27.0 Å². The van der Waals surface area contributed by atoms with Gasteiger partial charge in [-0.05, 0) is 66.7 Å². The van der Waals surface area contributed by atoms with Crippen LogP contribution >= 0.6 is 23.4 Å². The highest BCUT2D eigenvalue weighted by Crippen LogP contribution is 2.34. The molecule has 1 aliphatic heterocycles. The first-order valence-corrected chi connectivity index (χ1v) is 13.3. The highest BCUT2D eigenvalue weighted by atomic mass is 35.5. The predicted molar refractivity (Wildman–Crippen MR) is 153 cm³/mol. The average molecular weight is 596 g/mol. The number of imide groups is 1. The number of benzene rings is 3. The fraction of sp³-hybridized carbons (Fsp3) is 0.143. The van der Waals surface area contributed by atoms with Crippen LogP contribution in [0.5, 0.6) is 5.75 Å². The topological polar surface area (TPSA) is 145 Å². The van der Waals surface area contributed by atoms with Crippen molar-refractivity contribution in [2.24, 2.45) is 0 Å². The zero-order valence-electron chi connectivity index (χ0n) is 21.5. The summed E-state index contributed by atoms with van der Waals surface area (Å²) in [5.74, 6) is -1.53. The van der Waals surface area contributed by atoms with Gasteiger partial charge in [-0.25, -0.2) is 4.79 Å². The van der Waals surface area contributed by atoms with Gasteiger partial charge in [-0.2, -0.15) is 0 Å². The number of nitro groups is 1. The molecule has 3 aromatic carbocycles. The zero-order chi connectivity index (χ0) is 29.5. The second-order valence-electron chi connectivity index (χ2n) is 8.48. The zero-order valence-corrected chi connectivity index (χ0v) is 23.1. The minimum absolute atomic E-state index is 0.0341. The summed E-state index contributed by atoms with van der Waals surface area (Å²) in [4.78, 5) is 61.6. The number of halogens is 1. The molecule has 0 unspecified atom stereocenters. The van der Waals surface area contributed by atoms with Gasteiger partial charge < -0.3 is 14.8 Å². The molecule has 1 aliphatic rings. The van der Waals surface area contributed by atoms with E-state index in [-0.39, 0.29) is 40.1 Å². The van der Waals surface area contributed by atoms with Gasteiger partial charge in [0.25, 0.3) is 16.8 Å². The first kappa shape index (κ1) is 29.3. The summed E-state index contributed by atoms with van der Waals surface area (Å²) in [7, 11) is 0. The van der Waals surface area contributed by atoms with E-state index in [1.165, 1.54) is 36.4 Å². The van der Waals surface area contributed by atoms with E-state index in [0.717, 1.165) is 4.90 Å². The molecule has 1 fully saturated rings. The molecular formula is C28H22ClN3O8S. The van der Waals surface area contributed by atoms with Gasteiger partial charge in [-0.15, -0.1) is 0 Å². The van der Waals surface area contributed by atoms with Crippen molar-refractivity contribution in [3.05, 3.63) is 103 Å². The van der Waals surface area contributed by atoms with Crippen molar-refractivity contribution in [3.8, 4) is 5.75 Å². The summed E-state index contributed by atoms with van der Waals surface area (Å²) >= 11 is 6.73. The van der Waals surface area contributed by atoms with Crippen LogP contribution < -0.4 is 10.1 Å². The maximum absolute atomic E-state index is 13.0. The number of amides is 3.